The normalized spacial score (nSPS) is 16.7. The minimum absolute atomic E-state index is 0.00701. The van der Waals surface area contributed by atoms with Gasteiger partial charge in [0.2, 0.25) is 5.91 Å². The van der Waals surface area contributed by atoms with Gasteiger partial charge in [0, 0.05) is 30.8 Å². The van der Waals surface area contributed by atoms with Crippen LogP contribution in [0, 0.1) is 0 Å². The Labute approximate surface area is 224 Å². The fraction of sp³-hybridized carbons (Fsp3) is 0.355. The van der Waals surface area contributed by atoms with E-state index in [2.05, 4.69) is 18.2 Å². The number of halogens is 1. The molecule has 0 saturated heterocycles. The van der Waals surface area contributed by atoms with Gasteiger partial charge >= 0.3 is 5.97 Å². The summed E-state index contributed by atoms with van der Waals surface area (Å²) < 4.78 is 11.4. The molecule has 0 aromatic heterocycles. The Balaban J connectivity index is 1.59. The third-order valence-corrected chi connectivity index (χ3v) is 7.21. The predicted octanol–water partition coefficient (Wildman–Crippen LogP) is 6.34. The number of benzene rings is 3. The third-order valence-electron chi connectivity index (χ3n) is 6.98. The summed E-state index contributed by atoms with van der Waals surface area (Å²) in [5, 5.41) is 0.700. The van der Waals surface area contributed by atoms with Crippen molar-refractivity contribution in [1.82, 2.24) is 4.90 Å². The van der Waals surface area contributed by atoms with E-state index >= 15 is 0 Å². The van der Waals surface area contributed by atoms with Crippen LogP contribution in [0.25, 0.3) is 0 Å². The smallest absolute Gasteiger partial charge is 0.303 e. The highest BCUT2D eigenvalue weighted by Gasteiger charge is 2.43. The molecule has 0 bridgehead atoms. The lowest BCUT2D eigenvalue weighted by molar-refractivity contribution is -0.157. The number of nitrogens with zero attached hydrogens (tertiary/aromatic N) is 1. The van der Waals surface area contributed by atoms with Gasteiger partial charge < -0.3 is 14.4 Å². The summed E-state index contributed by atoms with van der Waals surface area (Å²) in [6.45, 7) is 5.81. The Morgan fingerprint density at radius 3 is 2.41 bits per heavy atom. The summed E-state index contributed by atoms with van der Waals surface area (Å²) in [5.41, 5.74) is 3.23. The monoisotopic (exact) mass is 519 g/mol. The molecule has 1 aliphatic rings. The van der Waals surface area contributed by atoms with Gasteiger partial charge in [-0.05, 0) is 73.2 Å². The second kappa shape index (κ2) is 11.0. The first-order valence-electron chi connectivity index (χ1n) is 12.6. The van der Waals surface area contributed by atoms with Gasteiger partial charge in [-0.15, -0.1) is 0 Å². The Morgan fingerprint density at radius 2 is 1.73 bits per heavy atom. The van der Waals surface area contributed by atoms with Gasteiger partial charge in [-0.3, -0.25) is 9.59 Å². The first kappa shape index (κ1) is 26.7. The molecule has 3 aromatic rings. The van der Waals surface area contributed by atoms with E-state index in [1.807, 2.05) is 68.4 Å². The SMILES string of the molecule is CC(=O)OC(C)(C)CN(C)C(=O)CC1(c2ccc(OCc3ccccc3)cc2)CCc2cc(Cl)ccc21. The number of amides is 1. The molecule has 194 valence electrons. The van der Waals surface area contributed by atoms with E-state index < -0.39 is 11.0 Å². The minimum Gasteiger partial charge on any atom is -0.489 e. The number of likely N-dealkylation sites (N-methyl/N-ethyl adjacent to an activating group) is 1. The van der Waals surface area contributed by atoms with Crippen molar-refractivity contribution in [2.75, 3.05) is 13.6 Å². The van der Waals surface area contributed by atoms with Crippen molar-refractivity contribution in [3.05, 3.63) is 100 Å². The quantitative estimate of drug-likeness (QED) is 0.309. The van der Waals surface area contributed by atoms with E-state index in [0.717, 1.165) is 35.3 Å². The van der Waals surface area contributed by atoms with E-state index in [4.69, 9.17) is 21.1 Å². The van der Waals surface area contributed by atoms with Crippen LogP contribution in [0.4, 0.5) is 0 Å². The number of carbonyl (C=O) groups is 2. The van der Waals surface area contributed by atoms with E-state index in [1.54, 1.807) is 11.9 Å². The van der Waals surface area contributed by atoms with Crippen molar-refractivity contribution in [1.29, 1.82) is 0 Å². The summed E-state index contributed by atoms with van der Waals surface area (Å²) >= 11 is 6.31. The largest absolute Gasteiger partial charge is 0.489 e. The molecule has 1 aliphatic carbocycles. The Kier molecular flexibility index (Phi) is 7.93. The molecule has 1 unspecified atom stereocenters. The molecule has 4 rings (SSSR count). The molecule has 0 N–H and O–H groups in total. The van der Waals surface area contributed by atoms with Crippen molar-refractivity contribution in [3.8, 4) is 5.75 Å². The second-order valence-corrected chi connectivity index (χ2v) is 10.9. The molecule has 5 nitrogen and oxygen atoms in total. The maximum absolute atomic E-state index is 13.6. The molecular weight excluding hydrogens is 486 g/mol. The molecule has 0 fully saturated rings. The topological polar surface area (TPSA) is 55.8 Å². The second-order valence-electron chi connectivity index (χ2n) is 10.5. The van der Waals surface area contributed by atoms with Crippen molar-refractivity contribution < 1.29 is 19.1 Å². The third kappa shape index (κ3) is 6.34. The fourth-order valence-corrected chi connectivity index (χ4v) is 5.58. The minimum atomic E-state index is -0.776. The summed E-state index contributed by atoms with van der Waals surface area (Å²) in [5.74, 6) is 0.412. The lowest BCUT2D eigenvalue weighted by Gasteiger charge is -2.35. The Bertz CT molecular complexity index is 1260. The molecule has 6 heteroatoms. The number of hydrogen-bond acceptors (Lipinski definition) is 4. The lowest BCUT2D eigenvalue weighted by Crippen LogP contribution is -2.44. The van der Waals surface area contributed by atoms with Gasteiger partial charge in [-0.2, -0.15) is 0 Å². The molecule has 0 spiro atoms. The number of ether oxygens (including phenoxy) is 2. The first-order valence-corrected chi connectivity index (χ1v) is 13.0. The van der Waals surface area contributed by atoms with Crippen molar-refractivity contribution in [2.45, 2.75) is 57.7 Å². The van der Waals surface area contributed by atoms with Crippen molar-refractivity contribution in [2.24, 2.45) is 0 Å². The molecule has 0 heterocycles. The zero-order chi connectivity index (χ0) is 26.6. The summed E-state index contributed by atoms with van der Waals surface area (Å²) in [4.78, 5) is 26.7. The molecule has 0 aliphatic heterocycles. The van der Waals surface area contributed by atoms with Crippen LogP contribution < -0.4 is 4.74 Å². The summed E-state index contributed by atoms with van der Waals surface area (Å²) in [6.07, 6.45) is 1.95. The van der Waals surface area contributed by atoms with E-state index in [9.17, 15) is 9.59 Å². The van der Waals surface area contributed by atoms with E-state index in [1.165, 1.54) is 12.5 Å². The van der Waals surface area contributed by atoms with Crippen LogP contribution in [0.15, 0.2) is 72.8 Å². The molecule has 3 aromatic carbocycles. The zero-order valence-electron chi connectivity index (χ0n) is 21.9. The van der Waals surface area contributed by atoms with Crippen molar-refractivity contribution in [3.63, 3.8) is 0 Å². The van der Waals surface area contributed by atoms with E-state index in [-0.39, 0.29) is 11.9 Å². The number of rotatable bonds is 9. The standard InChI is InChI=1S/C31H34ClNO4/c1-22(34)37-30(2,3)21-33(4)29(35)19-31(17-16-24-18-26(32)12-15-28(24)31)25-10-13-27(14-11-25)36-20-23-8-6-5-7-9-23/h5-15,18H,16-17,19-21H2,1-4H3. The predicted molar refractivity (Wildman–Crippen MR) is 146 cm³/mol. The van der Waals surface area contributed by atoms with Crippen LogP contribution in [0.5, 0.6) is 5.75 Å². The van der Waals surface area contributed by atoms with Crippen LogP contribution in [0.1, 0.15) is 55.9 Å². The van der Waals surface area contributed by atoms with Gasteiger partial charge in [0.05, 0.1) is 6.54 Å². The molecule has 0 radical (unpaired) electrons. The number of carbonyl (C=O) groups excluding carboxylic acids is 2. The Morgan fingerprint density at radius 1 is 1.03 bits per heavy atom. The number of fused-ring (bicyclic) bond motifs is 1. The van der Waals surface area contributed by atoms with Gasteiger partial charge in [-0.25, -0.2) is 0 Å². The van der Waals surface area contributed by atoms with Crippen LogP contribution >= 0.6 is 11.6 Å². The van der Waals surface area contributed by atoms with Gasteiger partial charge in [0.1, 0.15) is 18.0 Å². The number of aryl methyl sites for hydroxylation is 1. The highest BCUT2D eigenvalue weighted by Crippen LogP contribution is 2.48. The lowest BCUT2D eigenvalue weighted by atomic mass is 9.72. The highest BCUT2D eigenvalue weighted by atomic mass is 35.5. The first-order chi connectivity index (χ1) is 17.6. The van der Waals surface area contributed by atoms with Gasteiger partial charge in [-0.1, -0.05) is 60.1 Å². The molecular formula is C31H34ClNO4. The maximum Gasteiger partial charge on any atom is 0.303 e. The van der Waals surface area contributed by atoms with Gasteiger partial charge in [0.15, 0.2) is 0 Å². The Hall–Kier alpha value is -3.31. The van der Waals surface area contributed by atoms with Crippen LogP contribution in [-0.4, -0.2) is 36.0 Å². The summed E-state index contributed by atoms with van der Waals surface area (Å²) in [7, 11) is 1.76. The molecule has 37 heavy (non-hydrogen) atoms. The summed E-state index contributed by atoms with van der Waals surface area (Å²) in [6, 6.07) is 24.1. The molecule has 1 amide bonds. The fourth-order valence-electron chi connectivity index (χ4n) is 5.39. The average Bonchev–Trinajstić information content (AvgIpc) is 3.20. The zero-order valence-corrected chi connectivity index (χ0v) is 22.7. The number of esters is 1. The van der Waals surface area contributed by atoms with Gasteiger partial charge in [0.25, 0.3) is 0 Å². The van der Waals surface area contributed by atoms with Crippen LogP contribution in [0.3, 0.4) is 0 Å². The molecule has 0 saturated carbocycles. The van der Waals surface area contributed by atoms with E-state index in [0.29, 0.717) is 24.6 Å². The molecule has 1 atom stereocenters. The highest BCUT2D eigenvalue weighted by molar-refractivity contribution is 6.30. The van der Waals surface area contributed by atoms with Crippen molar-refractivity contribution >= 4 is 23.5 Å². The number of hydrogen-bond donors (Lipinski definition) is 0. The van der Waals surface area contributed by atoms with Crippen LogP contribution in [-0.2, 0) is 32.8 Å². The maximum atomic E-state index is 13.6. The van der Waals surface area contributed by atoms with Crippen LogP contribution in [0.2, 0.25) is 5.02 Å². The average molecular weight is 520 g/mol.